The third-order valence-electron chi connectivity index (χ3n) is 5.20. The summed E-state index contributed by atoms with van der Waals surface area (Å²) in [5.74, 6) is 1.14. The molecule has 1 fully saturated rings. The topological polar surface area (TPSA) is 89.5 Å². The summed E-state index contributed by atoms with van der Waals surface area (Å²) in [4.78, 5) is 21.3. The zero-order chi connectivity index (χ0) is 20.5. The molecule has 2 aromatic heterocycles. The molecule has 0 bridgehead atoms. The smallest absolute Gasteiger partial charge is 0.244 e. The molecule has 1 amide bonds. The molecular formula is C20H23ClN6O2. The fourth-order valence-electron chi connectivity index (χ4n) is 3.63. The van der Waals surface area contributed by atoms with Gasteiger partial charge in [0.15, 0.2) is 0 Å². The van der Waals surface area contributed by atoms with Gasteiger partial charge < -0.3 is 20.3 Å². The number of nitrogens with two attached hydrogens (primary N) is 1. The van der Waals surface area contributed by atoms with E-state index >= 15 is 0 Å². The van der Waals surface area contributed by atoms with Crippen molar-refractivity contribution in [3.8, 4) is 5.75 Å². The molecule has 0 atom stereocenters. The van der Waals surface area contributed by atoms with Gasteiger partial charge in [-0.3, -0.25) is 9.48 Å². The Morgan fingerprint density at radius 2 is 1.97 bits per heavy atom. The highest BCUT2D eigenvalue weighted by Gasteiger charge is 2.23. The number of hydrogen-bond donors (Lipinski definition) is 1. The average Bonchev–Trinajstić information content (AvgIpc) is 3.03. The molecule has 2 N–H and O–H groups in total. The molecule has 1 saturated heterocycles. The van der Waals surface area contributed by atoms with Gasteiger partial charge in [0.2, 0.25) is 5.91 Å². The van der Waals surface area contributed by atoms with Crippen LogP contribution in [0.5, 0.6) is 5.75 Å². The van der Waals surface area contributed by atoms with Crippen LogP contribution in [0.2, 0.25) is 5.02 Å². The minimum atomic E-state index is 0.0413. The van der Waals surface area contributed by atoms with Crippen LogP contribution in [0.25, 0.3) is 11.0 Å². The molecule has 1 aliphatic heterocycles. The standard InChI is InChI=1S/C20H23ClN6O2/c1-13-20-16(5-6-18(22)23-20)27(24-13)12-19(28)26-9-7-25(8-10-26)14-3-4-15(21)17(11-14)29-2/h3-6,11H,7-10,12H2,1-2H3,(H2,22,23). The van der Waals surface area contributed by atoms with Gasteiger partial charge in [-0.1, -0.05) is 11.6 Å². The number of halogens is 1. The number of nitrogen functional groups attached to an aromatic ring is 1. The van der Waals surface area contributed by atoms with Crippen LogP contribution in [0.3, 0.4) is 0 Å². The van der Waals surface area contributed by atoms with Gasteiger partial charge >= 0.3 is 0 Å². The average molecular weight is 415 g/mol. The van der Waals surface area contributed by atoms with Crippen LogP contribution in [0.15, 0.2) is 30.3 Å². The molecule has 4 rings (SSSR count). The second-order valence-corrected chi connectivity index (χ2v) is 7.44. The van der Waals surface area contributed by atoms with Crippen LogP contribution in [-0.4, -0.2) is 58.9 Å². The first kappa shape index (κ1) is 19.3. The van der Waals surface area contributed by atoms with Gasteiger partial charge in [-0.25, -0.2) is 4.98 Å². The van der Waals surface area contributed by atoms with Crippen molar-refractivity contribution in [2.45, 2.75) is 13.5 Å². The molecule has 3 aromatic rings. The molecule has 152 valence electrons. The minimum absolute atomic E-state index is 0.0413. The number of rotatable bonds is 4. The lowest BCUT2D eigenvalue weighted by molar-refractivity contribution is -0.132. The number of methoxy groups -OCH3 is 1. The summed E-state index contributed by atoms with van der Waals surface area (Å²) in [5, 5.41) is 5.06. The predicted octanol–water partition coefficient (Wildman–Crippen LogP) is 2.33. The van der Waals surface area contributed by atoms with E-state index in [1.807, 2.05) is 36.1 Å². The predicted molar refractivity (Wildman–Crippen MR) is 113 cm³/mol. The summed E-state index contributed by atoms with van der Waals surface area (Å²) in [5.41, 5.74) is 9.12. The first-order chi connectivity index (χ1) is 14.0. The number of fused-ring (bicyclic) bond motifs is 1. The van der Waals surface area contributed by atoms with E-state index in [4.69, 9.17) is 22.1 Å². The number of carbonyl (C=O) groups is 1. The fraction of sp³-hybridized carbons (Fsp3) is 0.350. The summed E-state index contributed by atoms with van der Waals surface area (Å²) >= 11 is 6.11. The van der Waals surface area contributed by atoms with E-state index in [1.54, 1.807) is 17.9 Å². The lowest BCUT2D eigenvalue weighted by Gasteiger charge is -2.36. The van der Waals surface area contributed by atoms with Crippen molar-refractivity contribution in [1.82, 2.24) is 19.7 Å². The molecule has 0 unspecified atom stereocenters. The zero-order valence-corrected chi connectivity index (χ0v) is 17.2. The molecular weight excluding hydrogens is 392 g/mol. The number of benzene rings is 1. The quantitative estimate of drug-likeness (QED) is 0.704. The lowest BCUT2D eigenvalue weighted by atomic mass is 10.2. The molecule has 0 radical (unpaired) electrons. The molecule has 0 saturated carbocycles. The van der Waals surface area contributed by atoms with E-state index in [-0.39, 0.29) is 12.5 Å². The van der Waals surface area contributed by atoms with Crippen molar-refractivity contribution in [2.75, 3.05) is 43.9 Å². The maximum Gasteiger partial charge on any atom is 0.244 e. The first-order valence-electron chi connectivity index (χ1n) is 9.42. The number of aryl methyl sites for hydroxylation is 1. The summed E-state index contributed by atoms with van der Waals surface area (Å²) in [6.07, 6.45) is 0. The third-order valence-corrected chi connectivity index (χ3v) is 5.52. The van der Waals surface area contributed by atoms with Gasteiger partial charge in [0.05, 0.1) is 23.3 Å². The Kier molecular flexibility index (Phi) is 5.19. The Hall–Kier alpha value is -3.00. The number of piperazine rings is 1. The van der Waals surface area contributed by atoms with Crippen LogP contribution >= 0.6 is 11.6 Å². The number of hydrogen-bond acceptors (Lipinski definition) is 6. The van der Waals surface area contributed by atoms with Crippen LogP contribution in [0, 0.1) is 6.92 Å². The SMILES string of the molecule is COc1cc(N2CCN(C(=O)Cn3nc(C)c4nc(N)ccc43)CC2)ccc1Cl. The Labute approximate surface area is 173 Å². The Balaban J connectivity index is 1.42. The third kappa shape index (κ3) is 3.80. The Bertz CT molecular complexity index is 1060. The van der Waals surface area contributed by atoms with Crippen LogP contribution in [0.1, 0.15) is 5.69 Å². The summed E-state index contributed by atoms with van der Waals surface area (Å²) in [6.45, 7) is 4.83. The number of aromatic nitrogens is 3. The number of amides is 1. The van der Waals surface area contributed by atoms with Gasteiger partial charge in [-0.05, 0) is 31.2 Å². The number of nitrogens with zero attached hydrogens (tertiary/aromatic N) is 5. The van der Waals surface area contributed by atoms with Gasteiger partial charge in [0.25, 0.3) is 0 Å². The highest BCUT2D eigenvalue weighted by atomic mass is 35.5. The largest absolute Gasteiger partial charge is 0.495 e. The van der Waals surface area contributed by atoms with Gasteiger partial charge in [0.1, 0.15) is 23.6 Å². The van der Waals surface area contributed by atoms with Gasteiger partial charge in [-0.15, -0.1) is 0 Å². The van der Waals surface area contributed by atoms with Crippen molar-refractivity contribution < 1.29 is 9.53 Å². The highest BCUT2D eigenvalue weighted by molar-refractivity contribution is 6.32. The zero-order valence-electron chi connectivity index (χ0n) is 16.4. The van der Waals surface area contributed by atoms with E-state index in [0.717, 1.165) is 35.5 Å². The highest BCUT2D eigenvalue weighted by Crippen LogP contribution is 2.29. The van der Waals surface area contributed by atoms with E-state index in [2.05, 4.69) is 15.0 Å². The molecule has 9 heteroatoms. The number of ether oxygens (including phenoxy) is 1. The van der Waals surface area contributed by atoms with Crippen LogP contribution in [-0.2, 0) is 11.3 Å². The van der Waals surface area contributed by atoms with Crippen molar-refractivity contribution >= 4 is 40.0 Å². The normalized spacial score (nSPS) is 14.4. The molecule has 29 heavy (non-hydrogen) atoms. The summed E-state index contributed by atoms with van der Waals surface area (Å²) in [7, 11) is 1.60. The molecule has 1 aliphatic rings. The first-order valence-corrected chi connectivity index (χ1v) is 9.80. The number of pyridine rings is 1. The monoisotopic (exact) mass is 414 g/mol. The molecule has 8 nitrogen and oxygen atoms in total. The molecule has 3 heterocycles. The van der Waals surface area contributed by atoms with Crippen molar-refractivity contribution in [1.29, 1.82) is 0 Å². The minimum Gasteiger partial charge on any atom is -0.495 e. The van der Waals surface area contributed by atoms with E-state index in [1.165, 1.54) is 0 Å². The molecule has 0 spiro atoms. The van der Waals surface area contributed by atoms with Crippen molar-refractivity contribution in [3.05, 3.63) is 41.0 Å². The van der Waals surface area contributed by atoms with E-state index < -0.39 is 0 Å². The fourth-order valence-corrected chi connectivity index (χ4v) is 3.83. The van der Waals surface area contributed by atoms with Crippen molar-refractivity contribution in [2.24, 2.45) is 0 Å². The van der Waals surface area contributed by atoms with Gasteiger partial charge in [0, 0.05) is 37.9 Å². The number of anilines is 2. The second kappa shape index (κ2) is 7.79. The van der Waals surface area contributed by atoms with Gasteiger partial charge in [-0.2, -0.15) is 5.10 Å². The summed E-state index contributed by atoms with van der Waals surface area (Å²) in [6, 6.07) is 9.32. The Morgan fingerprint density at radius 1 is 1.21 bits per heavy atom. The maximum absolute atomic E-state index is 12.8. The number of carbonyl (C=O) groups excluding carboxylic acids is 1. The van der Waals surface area contributed by atoms with Crippen LogP contribution in [0.4, 0.5) is 11.5 Å². The van der Waals surface area contributed by atoms with Crippen LogP contribution < -0.4 is 15.4 Å². The maximum atomic E-state index is 12.8. The molecule has 1 aromatic carbocycles. The van der Waals surface area contributed by atoms with Crippen molar-refractivity contribution in [3.63, 3.8) is 0 Å². The molecule has 0 aliphatic carbocycles. The summed E-state index contributed by atoms with van der Waals surface area (Å²) < 4.78 is 7.01. The Morgan fingerprint density at radius 3 is 2.69 bits per heavy atom. The van der Waals surface area contributed by atoms with E-state index in [9.17, 15) is 4.79 Å². The second-order valence-electron chi connectivity index (χ2n) is 7.03. The van der Waals surface area contributed by atoms with E-state index in [0.29, 0.717) is 29.7 Å². The lowest BCUT2D eigenvalue weighted by Crippen LogP contribution is -2.49.